The Morgan fingerprint density at radius 3 is 2.31 bits per heavy atom. The minimum Gasteiger partial charge on any atom is -0.354 e. The van der Waals surface area contributed by atoms with Gasteiger partial charge in [0.2, 0.25) is 5.91 Å². The molecule has 0 N–H and O–H groups in total. The van der Waals surface area contributed by atoms with Gasteiger partial charge in [-0.15, -0.1) is 0 Å². The van der Waals surface area contributed by atoms with Gasteiger partial charge in [-0.2, -0.15) is 13.2 Å². The van der Waals surface area contributed by atoms with Crippen molar-refractivity contribution >= 4 is 11.7 Å². The standard InChI is InChI=1S/C20H28F3N5O/c21-20(22,23)17-5-2-6-24-19(17)28-9-7-25(8-10-28)15-18(29)27-13-11-26(12-14-27)16-3-1-4-16/h2,5-6,16H,1,3-4,7-15H2. The van der Waals surface area contributed by atoms with Gasteiger partial charge in [-0.1, -0.05) is 6.42 Å². The maximum atomic E-state index is 13.2. The van der Waals surface area contributed by atoms with Gasteiger partial charge in [0, 0.05) is 64.6 Å². The van der Waals surface area contributed by atoms with Gasteiger partial charge in [0.25, 0.3) is 0 Å². The Kier molecular flexibility index (Phi) is 5.96. The van der Waals surface area contributed by atoms with Crippen LogP contribution in [0.4, 0.5) is 19.0 Å². The highest BCUT2D eigenvalue weighted by atomic mass is 19.4. The molecule has 4 rings (SSSR count). The molecule has 3 fully saturated rings. The van der Waals surface area contributed by atoms with E-state index >= 15 is 0 Å². The first-order valence-electron chi connectivity index (χ1n) is 10.4. The van der Waals surface area contributed by atoms with E-state index in [1.807, 2.05) is 9.80 Å². The van der Waals surface area contributed by atoms with Crippen molar-refractivity contribution in [2.24, 2.45) is 0 Å². The van der Waals surface area contributed by atoms with Gasteiger partial charge >= 0.3 is 6.18 Å². The summed E-state index contributed by atoms with van der Waals surface area (Å²) in [5, 5.41) is 0. The predicted molar refractivity (Wildman–Crippen MR) is 104 cm³/mol. The van der Waals surface area contributed by atoms with E-state index < -0.39 is 11.7 Å². The smallest absolute Gasteiger partial charge is 0.354 e. The van der Waals surface area contributed by atoms with Gasteiger partial charge < -0.3 is 9.80 Å². The molecule has 0 aromatic carbocycles. The fourth-order valence-electron chi connectivity index (χ4n) is 4.37. The number of aromatic nitrogens is 1. The number of piperazine rings is 2. The Morgan fingerprint density at radius 1 is 1.03 bits per heavy atom. The fraction of sp³-hybridized carbons (Fsp3) is 0.700. The van der Waals surface area contributed by atoms with Crippen LogP contribution >= 0.6 is 0 Å². The largest absolute Gasteiger partial charge is 0.419 e. The molecule has 0 spiro atoms. The number of hydrogen-bond acceptors (Lipinski definition) is 5. The Balaban J connectivity index is 1.26. The predicted octanol–water partition coefficient (Wildman–Crippen LogP) is 1.92. The molecule has 160 valence electrons. The van der Waals surface area contributed by atoms with E-state index in [0.717, 1.165) is 32.2 Å². The number of hydrogen-bond donors (Lipinski definition) is 0. The number of rotatable bonds is 4. The highest BCUT2D eigenvalue weighted by Crippen LogP contribution is 2.35. The molecule has 9 heteroatoms. The van der Waals surface area contributed by atoms with Crippen LogP contribution in [0.1, 0.15) is 24.8 Å². The fourth-order valence-corrected chi connectivity index (χ4v) is 4.37. The van der Waals surface area contributed by atoms with Crippen molar-refractivity contribution in [3.05, 3.63) is 23.9 Å². The van der Waals surface area contributed by atoms with Gasteiger partial charge in [-0.3, -0.25) is 14.6 Å². The summed E-state index contributed by atoms with van der Waals surface area (Å²) in [7, 11) is 0. The number of nitrogens with zero attached hydrogens (tertiary/aromatic N) is 5. The molecule has 3 aliphatic rings. The molecule has 2 aliphatic heterocycles. The molecule has 3 heterocycles. The van der Waals surface area contributed by atoms with E-state index in [1.54, 1.807) is 4.90 Å². The average Bonchev–Trinajstić information content (AvgIpc) is 2.67. The summed E-state index contributed by atoms with van der Waals surface area (Å²) in [6.45, 7) is 5.77. The molecule has 6 nitrogen and oxygen atoms in total. The first-order valence-corrected chi connectivity index (χ1v) is 10.4. The van der Waals surface area contributed by atoms with Gasteiger partial charge in [-0.25, -0.2) is 4.98 Å². The number of anilines is 1. The van der Waals surface area contributed by atoms with Crippen LogP contribution in [0.25, 0.3) is 0 Å². The van der Waals surface area contributed by atoms with E-state index in [0.29, 0.717) is 38.8 Å². The van der Waals surface area contributed by atoms with Crippen molar-refractivity contribution < 1.29 is 18.0 Å². The van der Waals surface area contributed by atoms with E-state index in [4.69, 9.17) is 0 Å². The molecule has 1 aromatic heterocycles. The van der Waals surface area contributed by atoms with Gasteiger partial charge in [0.1, 0.15) is 5.82 Å². The molecule has 1 saturated carbocycles. The molecule has 1 aromatic rings. The SMILES string of the molecule is O=C(CN1CCN(c2ncccc2C(F)(F)F)CC1)N1CCN(C2CCC2)CC1. The van der Waals surface area contributed by atoms with Crippen molar-refractivity contribution in [2.45, 2.75) is 31.5 Å². The average molecular weight is 411 g/mol. The van der Waals surface area contributed by atoms with Crippen LogP contribution < -0.4 is 4.90 Å². The number of alkyl halides is 3. The molecule has 0 bridgehead atoms. The second-order valence-corrected chi connectivity index (χ2v) is 8.14. The molecule has 1 amide bonds. The first kappa shape index (κ1) is 20.4. The normalized spacial score (nSPS) is 22.6. The Hall–Kier alpha value is -1.87. The lowest BCUT2D eigenvalue weighted by Gasteiger charge is -2.43. The molecule has 1 aliphatic carbocycles. The zero-order valence-electron chi connectivity index (χ0n) is 16.6. The Bertz CT molecular complexity index is 708. The molecular formula is C20H28F3N5O. The first-order chi connectivity index (χ1) is 13.9. The van der Waals surface area contributed by atoms with Crippen LogP contribution in [-0.2, 0) is 11.0 Å². The topological polar surface area (TPSA) is 42.9 Å². The molecule has 2 saturated heterocycles. The summed E-state index contributed by atoms with van der Waals surface area (Å²) in [5.41, 5.74) is -0.700. The van der Waals surface area contributed by atoms with Crippen molar-refractivity contribution in [1.29, 1.82) is 0 Å². The minimum absolute atomic E-state index is 0.0157. The second-order valence-electron chi connectivity index (χ2n) is 8.14. The third-order valence-electron chi connectivity index (χ3n) is 6.38. The van der Waals surface area contributed by atoms with Crippen LogP contribution in [0.5, 0.6) is 0 Å². The summed E-state index contributed by atoms with van der Waals surface area (Å²) in [4.78, 5) is 24.8. The molecule has 0 radical (unpaired) electrons. The van der Waals surface area contributed by atoms with E-state index in [2.05, 4.69) is 9.88 Å². The lowest BCUT2D eigenvalue weighted by molar-refractivity contribution is -0.137. The lowest BCUT2D eigenvalue weighted by Crippen LogP contribution is -2.56. The number of carbonyl (C=O) groups is 1. The van der Waals surface area contributed by atoms with E-state index in [-0.39, 0.29) is 11.7 Å². The van der Waals surface area contributed by atoms with Gasteiger partial charge in [-0.05, 0) is 25.0 Å². The molecule has 0 unspecified atom stereocenters. The third kappa shape index (κ3) is 4.66. The summed E-state index contributed by atoms with van der Waals surface area (Å²) >= 11 is 0. The van der Waals surface area contributed by atoms with Crippen molar-refractivity contribution in [3.63, 3.8) is 0 Å². The number of carbonyl (C=O) groups excluding carboxylic acids is 1. The van der Waals surface area contributed by atoms with Gasteiger partial charge in [0.15, 0.2) is 0 Å². The number of pyridine rings is 1. The van der Waals surface area contributed by atoms with Crippen LogP contribution in [0.3, 0.4) is 0 Å². The van der Waals surface area contributed by atoms with Gasteiger partial charge in [0.05, 0.1) is 12.1 Å². The van der Waals surface area contributed by atoms with Crippen LogP contribution in [0.2, 0.25) is 0 Å². The molecule has 29 heavy (non-hydrogen) atoms. The highest BCUT2D eigenvalue weighted by molar-refractivity contribution is 5.78. The third-order valence-corrected chi connectivity index (χ3v) is 6.38. The second kappa shape index (κ2) is 8.47. The van der Waals surface area contributed by atoms with Crippen molar-refractivity contribution in [1.82, 2.24) is 19.7 Å². The quantitative estimate of drug-likeness (QED) is 0.758. The number of amides is 1. The summed E-state index contributed by atoms with van der Waals surface area (Å²) in [6.07, 6.45) is 0.857. The number of halogens is 3. The minimum atomic E-state index is -4.42. The summed E-state index contributed by atoms with van der Waals surface area (Å²) in [6, 6.07) is 3.10. The maximum Gasteiger partial charge on any atom is 0.419 e. The summed E-state index contributed by atoms with van der Waals surface area (Å²) in [5.74, 6) is 0.110. The molecular weight excluding hydrogens is 383 g/mol. The Labute approximate surface area is 169 Å². The van der Waals surface area contributed by atoms with Crippen molar-refractivity contribution in [3.8, 4) is 0 Å². The Morgan fingerprint density at radius 2 is 1.72 bits per heavy atom. The zero-order chi connectivity index (χ0) is 20.4. The zero-order valence-corrected chi connectivity index (χ0v) is 16.6. The highest BCUT2D eigenvalue weighted by Gasteiger charge is 2.36. The molecule has 0 atom stereocenters. The van der Waals surface area contributed by atoms with Crippen LogP contribution in [-0.4, -0.2) is 90.5 Å². The van der Waals surface area contributed by atoms with Crippen molar-refractivity contribution in [2.75, 3.05) is 63.8 Å². The van der Waals surface area contributed by atoms with E-state index in [9.17, 15) is 18.0 Å². The van der Waals surface area contributed by atoms with E-state index in [1.165, 1.54) is 31.5 Å². The monoisotopic (exact) mass is 411 g/mol. The maximum absolute atomic E-state index is 13.2. The van der Waals surface area contributed by atoms with Crippen LogP contribution in [0.15, 0.2) is 18.3 Å². The van der Waals surface area contributed by atoms with Crippen LogP contribution in [0, 0.1) is 0 Å². The lowest BCUT2D eigenvalue weighted by atomic mass is 9.91. The summed E-state index contributed by atoms with van der Waals surface area (Å²) < 4.78 is 39.7.